The average molecular weight is 390 g/mol. The number of rotatable bonds is 10. The van der Waals surface area contributed by atoms with E-state index in [1.54, 1.807) is 13.4 Å². The van der Waals surface area contributed by atoms with E-state index >= 15 is 0 Å². The number of nitrogens with one attached hydrogen (secondary N) is 1. The Morgan fingerprint density at radius 3 is 2.96 bits per heavy atom. The van der Waals surface area contributed by atoms with Gasteiger partial charge in [0.2, 0.25) is 5.91 Å². The molecule has 0 saturated heterocycles. The number of halogens is 1. The van der Waals surface area contributed by atoms with E-state index in [9.17, 15) is 4.79 Å². The summed E-state index contributed by atoms with van der Waals surface area (Å²) >= 11 is 0. The number of aromatic nitrogens is 3. The lowest BCUT2D eigenvalue weighted by atomic mass is 9.83. The van der Waals surface area contributed by atoms with Gasteiger partial charge in [0.15, 0.2) is 5.82 Å². The molecule has 0 spiro atoms. The zero-order valence-corrected chi connectivity index (χ0v) is 16.5. The zero-order valence-electron chi connectivity index (χ0n) is 15.7. The van der Waals surface area contributed by atoms with Crippen LogP contribution in [-0.4, -0.2) is 53.1 Å². The monoisotopic (exact) mass is 389 g/mol. The third kappa shape index (κ3) is 6.83. The van der Waals surface area contributed by atoms with Crippen LogP contribution in [0.2, 0.25) is 0 Å². The average Bonchev–Trinajstić information content (AvgIpc) is 3.06. The summed E-state index contributed by atoms with van der Waals surface area (Å²) in [5, 5.41) is 11.0. The standard InChI is InChI=1S/C17H31N5O3.ClH/c1-3-8-25-15-10-13(5-6-14(15)18)17(23)19-11-16-21-20-12-22(16)7-4-9-24-2;/h12-15H,3-11,18H2,1-2H3,(H,19,23);1H/t13-,14+,15+;/m0./s1. The quantitative estimate of drug-likeness (QED) is 0.584. The molecular weight excluding hydrogens is 358 g/mol. The van der Waals surface area contributed by atoms with Gasteiger partial charge in [-0.25, -0.2) is 0 Å². The summed E-state index contributed by atoms with van der Waals surface area (Å²) in [4.78, 5) is 12.5. The molecule has 1 aromatic rings. The van der Waals surface area contributed by atoms with Gasteiger partial charge in [-0.15, -0.1) is 22.6 Å². The Morgan fingerprint density at radius 1 is 1.42 bits per heavy atom. The van der Waals surface area contributed by atoms with Crippen molar-refractivity contribution < 1.29 is 14.3 Å². The minimum absolute atomic E-state index is 0. The smallest absolute Gasteiger partial charge is 0.223 e. The van der Waals surface area contributed by atoms with Crippen LogP contribution in [0, 0.1) is 5.92 Å². The number of carbonyl (C=O) groups excluding carboxylic acids is 1. The summed E-state index contributed by atoms with van der Waals surface area (Å²) in [5.74, 6) is 0.755. The van der Waals surface area contributed by atoms with Gasteiger partial charge in [-0.1, -0.05) is 6.92 Å². The van der Waals surface area contributed by atoms with Gasteiger partial charge >= 0.3 is 0 Å². The summed E-state index contributed by atoms with van der Waals surface area (Å²) in [5.41, 5.74) is 6.12. The third-order valence-corrected chi connectivity index (χ3v) is 4.61. The predicted octanol–water partition coefficient (Wildman–Crippen LogP) is 1.28. The molecule has 1 amide bonds. The number of hydrogen-bond acceptors (Lipinski definition) is 6. The number of nitrogens with zero attached hydrogens (tertiary/aromatic N) is 3. The molecule has 2 rings (SSSR count). The molecule has 0 unspecified atom stereocenters. The first-order valence-electron chi connectivity index (χ1n) is 9.16. The van der Waals surface area contributed by atoms with Crippen LogP contribution in [0.5, 0.6) is 0 Å². The Labute approximate surface area is 161 Å². The first-order valence-corrected chi connectivity index (χ1v) is 9.16. The number of ether oxygens (including phenoxy) is 2. The van der Waals surface area contributed by atoms with E-state index in [2.05, 4.69) is 22.4 Å². The third-order valence-electron chi connectivity index (χ3n) is 4.61. The minimum Gasteiger partial charge on any atom is -0.385 e. The van der Waals surface area contributed by atoms with Gasteiger partial charge in [-0.3, -0.25) is 4.79 Å². The van der Waals surface area contributed by atoms with Gasteiger partial charge in [0.25, 0.3) is 0 Å². The molecule has 26 heavy (non-hydrogen) atoms. The van der Waals surface area contributed by atoms with Crippen molar-refractivity contribution in [3.8, 4) is 0 Å². The fourth-order valence-electron chi connectivity index (χ4n) is 3.14. The Hall–Kier alpha value is -1.22. The van der Waals surface area contributed by atoms with E-state index < -0.39 is 0 Å². The molecule has 1 fully saturated rings. The number of nitrogens with two attached hydrogens (primary N) is 1. The number of methoxy groups -OCH3 is 1. The fourth-order valence-corrected chi connectivity index (χ4v) is 3.14. The first kappa shape index (κ1) is 22.8. The van der Waals surface area contributed by atoms with Gasteiger partial charge in [0.1, 0.15) is 6.33 Å². The summed E-state index contributed by atoms with van der Waals surface area (Å²) in [6.45, 7) is 4.61. The second kappa shape index (κ2) is 12.2. The summed E-state index contributed by atoms with van der Waals surface area (Å²) in [7, 11) is 1.68. The highest BCUT2D eigenvalue weighted by molar-refractivity contribution is 5.85. The van der Waals surface area contributed by atoms with Crippen LogP contribution in [0.25, 0.3) is 0 Å². The number of carbonyl (C=O) groups is 1. The van der Waals surface area contributed by atoms with Gasteiger partial charge in [-0.2, -0.15) is 0 Å². The van der Waals surface area contributed by atoms with Crippen LogP contribution in [0.1, 0.15) is 44.9 Å². The Kier molecular flexibility index (Phi) is 10.7. The highest BCUT2D eigenvalue weighted by Crippen LogP contribution is 2.26. The van der Waals surface area contributed by atoms with Crippen molar-refractivity contribution in [2.75, 3.05) is 20.3 Å². The lowest BCUT2D eigenvalue weighted by molar-refractivity contribution is -0.128. The molecule has 0 radical (unpaired) electrons. The van der Waals surface area contributed by atoms with E-state index in [1.165, 1.54) is 0 Å². The Bertz CT molecular complexity index is 528. The second-order valence-electron chi connectivity index (χ2n) is 6.59. The highest BCUT2D eigenvalue weighted by atomic mass is 35.5. The first-order chi connectivity index (χ1) is 12.2. The zero-order chi connectivity index (χ0) is 18.1. The number of aryl methyl sites for hydroxylation is 1. The predicted molar refractivity (Wildman–Crippen MR) is 101 cm³/mol. The Balaban J connectivity index is 0.00000338. The van der Waals surface area contributed by atoms with Gasteiger partial charge in [-0.05, 0) is 32.1 Å². The summed E-state index contributed by atoms with van der Waals surface area (Å²) < 4.78 is 12.8. The van der Waals surface area contributed by atoms with Crippen molar-refractivity contribution >= 4 is 18.3 Å². The van der Waals surface area contributed by atoms with Crippen molar-refractivity contribution in [2.45, 2.75) is 64.3 Å². The fraction of sp³-hybridized carbons (Fsp3) is 0.824. The van der Waals surface area contributed by atoms with E-state index in [0.717, 1.165) is 38.1 Å². The van der Waals surface area contributed by atoms with Crippen LogP contribution < -0.4 is 11.1 Å². The maximum Gasteiger partial charge on any atom is 0.223 e. The molecule has 3 N–H and O–H groups in total. The van der Waals surface area contributed by atoms with Gasteiger partial charge in [0, 0.05) is 38.8 Å². The van der Waals surface area contributed by atoms with Crippen molar-refractivity contribution in [2.24, 2.45) is 11.7 Å². The molecule has 1 aliphatic carbocycles. The molecular formula is C17H32ClN5O3. The van der Waals surface area contributed by atoms with Gasteiger partial charge in [0.05, 0.1) is 12.6 Å². The van der Waals surface area contributed by atoms with Crippen molar-refractivity contribution in [3.05, 3.63) is 12.2 Å². The summed E-state index contributed by atoms with van der Waals surface area (Å²) in [6.07, 6.45) is 5.81. The second-order valence-corrected chi connectivity index (χ2v) is 6.59. The van der Waals surface area contributed by atoms with Crippen LogP contribution in [0.4, 0.5) is 0 Å². The lowest BCUT2D eigenvalue weighted by Gasteiger charge is -2.33. The molecule has 0 aliphatic heterocycles. The Morgan fingerprint density at radius 2 is 2.23 bits per heavy atom. The van der Waals surface area contributed by atoms with Crippen molar-refractivity contribution in [1.29, 1.82) is 0 Å². The van der Waals surface area contributed by atoms with Crippen molar-refractivity contribution in [1.82, 2.24) is 20.1 Å². The van der Waals surface area contributed by atoms with Crippen LogP contribution in [-0.2, 0) is 27.4 Å². The molecule has 0 bridgehead atoms. The molecule has 1 heterocycles. The lowest BCUT2D eigenvalue weighted by Crippen LogP contribution is -2.45. The van der Waals surface area contributed by atoms with Gasteiger partial charge < -0.3 is 25.1 Å². The topological polar surface area (TPSA) is 104 Å². The molecule has 9 heteroatoms. The number of amides is 1. The normalized spacial score (nSPS) is 22.7. The van der Waals surface area contributed by atoms with E-state index in [4.69, 9.17) is 15.2 Å². The molecule has 1 aliphatic rings. The van der Waals surface area contributed by atoms with E-state index in [1.807, 2.05) is 4.57 Å². The molecule has 1 aromatic heterocycles. The van der Waals surface area contributed by atoms with Crippen LogP contribution in [0.3, 0.4) is 0 Å². The van der Waals surface area contributed by atoms with E-state index in [-0.39, 0.29) is 36.4 Å². The maximum absolute atomic E-state index is 12.5. The van der Waals surface area contributed by atoms with Crippen LogP contribution in [0.15, 0.2) is 6.33 Å². The molecule has 8 nitrogen and oxygen atoms in total. The molecule has 150 valence electrons. The largest absolute Gasteiger partial charge is 0.385 e. The number of hydrogen-bond donors (Lipinski definition) is 2. The molecule has 0 aromatic carbocycles. The highest BCUT2D eigenvalue weighted by Gasteiger charge is 2.32. The SMILES string of the molecule is CCCO[C@@H]1C[C@@H](C(=O)NCc2nncn2CCCOC)CC[C@H]1N.Cl. The van der Waals surface area contributed by atoms with Crippen molar-refractivity contribution in [3.63, 3.8) is 0 Å². The van der Waals surface area contributed by atoms with E-state index in [0.29, 0.717) is 26.2 Å². The minimum atomic E-state index is -0.0495. The molecule has 3 atom stereocenters. The maximum atomic E-state index is 12.5. The van der Waals surface area contributed by atoms with Crippen LogP contribution >= 0.6 is 12.4 Å². The molecule has 1 saturated carbocycles. The summed E-state index contributed by atoms with van der Waals surface area (Å²) in [6, 6.07) is 0.0273.